The Bertz CT molecular complexity index is 1340. The van der Waals surface area contributed by atoms with Crippen molar-refractivity contribution in [1.29, 1.82) is 0 Å². The first-order valence-corrected chi connectivity index (χ1v) is 15.6. The zero-order valence-electron chi connectivity index (χ0n) is 26.2. The molecule has 41 heavy (non-hydrogen) atoms. The maximum atomic E-state index is 6.73. The van der Waals surface area contributed by atoms with Gasteiger partial charge in [-0.15, -0.1) is 0 Å². The molecule has 0 N–H and O–H groups in total. The number of hydrogen-bond acceptors (Lipinski definition) is 3. The average molecular weight is 569 g/mol. The van der Waals surface area contributed by atoms with Gasteiger partial charge in [0.1, 0.15) is 24.7 Å². The van der Waals surface area contributed by atoms with Gasteiger partial charge in [-0.1, -0.05) is 114 Å². The zero-order chi connectivity index (χ0) is 29.8. The molecule has 0 aliphatic carbocycles. The van der Waals surface area contributed by atoms with E-state index in [2.05, 4.69) is 128 Å². The largest absolute Gasteiger partial charge is 0.488 e. The van der Waals surface area contributed by atoms with Crippen molar-refractivity contribution in [3.05, 3.63) is 118 Å². The summed E-state index contributed by atoms with van der Waals surface area (Å²) in [5.74, 6) is 1.82. The molecule has 0 saturated carbocycles. The summed E-state index contributed by atoms with van der Waals surface area (Å²) in [6.07, 6.45) is 0. The number of benzene rings is 4. The van der Waals surface area contributed by atoms with Gasteiger partial charge in [0.05, 0.1) is 8.15 Å². The summed E-state index contributed by atoms with van der Waals surface area (Å²) >= 11 is 0. The van der Waals surface area contributed by atoms with Gasteiger partial charge in [0.2, 0.25) is 0 Å². The van der Waals surface area contributed by atoms with Crippen LogP contribution in [0.4, 0.5) is 0 Å². The van der Waals surface area contributed by atoms with E-state index >= 15 is 0 Å². The maximum absolute atomic E-state index is 6.73. The normalized spacial score (nSPS) is 12.0. The lowest BCUT2D eigenvalue weighted by Gasteiger charge is -2.31. The topological polar surface area (TPSA) is 27.7 Å². The molecule has 0 aliphatic rings. The molecular formula is C37H45O3P. The van der Waals surface area contributed by atoms with Gasteiger partial charge in [0.25, 0.3) is 0 Å². The molecule has 0 unspecified atom stereocenters. The number of rotatable bonds is 9. The van der Waals surface area contributed by atoms with E-state index in [9.17, 15) is 0 Å². The molecule has 216 valence electrons. The lowest BCUT2D eigenvalue weighted by atomic mass is 9.85. The molecule has 0 radical (unpaired) electrons. The summed E-state index contributed by atoms with van der Waals surface area (Å²) in [6.45, 7) is 18.8. The Labute approximate surface area is 248 Å². The molecule has 0 aromatic heterocycles. The Balaban J connectivity index is 1.90. The van der Waals surface area contributed by atoms with E-state index in [1.807, 2.05) is 19.2 Å². The van der Waals surface area contributed by atoms with Crippen LogP contribution in [0.25, 0.3) is 0 Å². The summed E-state index contributed by atoms with van der Waals surface area (Å²) in [5.41, 5.74) is 6.80. The van der Waals surface area contributed by atoms with Crippen LogP contribution in [-0.4, -0.2) is 7.11 Å². The molecule has 0 saturated heterocycles. The van der Waals surface area contributed by atoms with E-state index in [4.69, 9.17) is 14.0 Å². The third-order valence-electron chi connectivity index (χ3n) is 7.12. The van der Waals surface area contributed by atoms with E-state index < -0.39 is 8.15 Å². The van der Waals surface area contributed by atoms with Crippen LogP contribution in [0.3, 0.4) is 0 Å². The van der Waals surface area contributed by atoms with E-state index in [0.29, 0.717) is 13.2 Å². The summed E-state index contributed by atoms with van der Waals surface area (Å²) in [7, 11) is 0.551. The van der Waals surface area contributed by atoms with Gasteiger partial charge in [-0.3, -0.25) is 0 Å². The first-order valence-electron chi connectivity index (χ1n) is 14.4. The summed E-state index contributed by atoms with van der Waals surface area (Å²) in [5, 5.41) is 2.16. The molecule has 0 fully saturated rings. The SMILES string of the molecule is COP(c1cc(C)cc(C(C)(C)C)c1OCc1ccccc1)c1cc(C)cc(C(C)(C)C)c1OCc1ccccc1. The average Bonchev–Trinajstić information content (AvgIpc) is 2.92. The molecule has 4 rings (SSSR count). The first-order chi connectivity index (χ1) is 19.4. The molecule has 4 aromatic rings. The Kier molecular flexibility index (Phi) is 9.62. The predicted molar refractivity (Wildman–Crippen MR) is 175 cm³/mol. The van der Waals surface area contributed by atoms with Gasteiger partial charge in [-0.25, -0.2) is 0 Å². The van der Waals surface area contributed by atoms with Crippen LogP contribution in [0.1, 0.15) is 74.9 Å². The fourth-order valence-electron chi connectivity index (χ4n) is 5.01. The molecule has 0 amide bonds. The minimum atomic E-state index is -1.26. The lowest BCUT2D eigenvalue weighted by Crippen LogP contribution is -2.25. The van der Waals surface area contributed by atoms with Gasteiger partial charge in [0, 0.05) is 28.8 Å². The van der Waals surface area contributed by atoms with E-state index in [0.717, 1.165) is 33.2 Å². The van der Waals surface area contributed by atoms with Gasteiger partial charge < -0.3 is 14.0 Å². The van der Waals surface area contributed by atoms with Gasteiger partial charge in [0.15, 0.2) is 0 Å². The minimum Gasteiger partial charge on any atom is -0.488 e. The quantitative estimate of drug-likeness (QED) is 0.189. The second-order valence-electron chi connectivity index (χ2n) is 12.8. The second kappa shape index (κ2) is 12.8. The van der Waals surface area contributed by atoms with Crippen molar-refractivity contribution < 1.29 is 14.0 Å². The molecule has 0 bridgehead atoms. The smallest absolute Gasteiger partial charge is 0.133 e. The van der Waals surface area contributed by atoms with Crippen LogP contribution in [0.5, 0.6) is 11.5 Å². The Morgan fingerprint density at radius 1 is 0.561 bits per heavy atom. The third kappa shape index (κ3) is 7.59. The van der Waals surface area contributed by atoms with Crippen molar-refractivity contribution in [3.8, 4) is 11.5 Å². The number of hydrogen-bond donors (Lipinski definition) is 0. The van der Waals surface area contributed by atoms with Crippen molar-refractivity contribution >= 4 is 18.8 Å². The van der Waals surface area contributed by atoms with E-state index in [1.54, 1.807) is 0 Å². The highest BCUT2D eigenvalue weighted by Crippen LogP contribution is 2.46. The van der Waals surface area contributed by atoms with E-state index in [1.165, 1.54) is 22.3 Å². The molecule has 3 nitrogen and oxygen atoms in total. The molecule has 0 heterocycles. The maximum Gasteiger partial charge on any atom is 0.133 e. The highest BCUT2D eigenvalue weighted by Gasteiger charge is 2.32. The van der Waals surface area contributed by atoms with Gasteiger partial charge >= 0.3 is 0 Å². The molecule has 0 spiro atoms. The third-order valence-corrected chi connectivity index (χ3v) is 9.02. The van der Waals surface area contributed by atoms with E-state index in [-0.39, 0.29) is 10.8 Å². The van der Waals surface area contributed by atoms with Crippen LogP contribution in [0, 0.1) is 13.8 Å². The van der Waals surface area contributed by atoms with Crippen molar-refractivity contribution in [1.82, 2.24) is 0 Å². The number of ether oxygens (including phenoxy) is 2. The van der Waals surface area contributed by atoms with Crippen molar-refractivity contribution in [2.24, 2.45) is 0 Å². The molecule has 4 heteroatoms. The highest BCUT2D eigenvalue weighted by molar-refractivity contribution is 7.69. The van der Waals surface area contributed by atoms with Crippen LogP contribution < -0.4 is 20.1 Å². The summed E-state index contributed by atoms with van der Waals surface area (Å²) < 4.78 is 19.9. The number of aryl methyl sites for hydroxylation is 2. The zero-order valence-corrected chi connectivity index (χ0v) is 27.1. The van der Waals surface area contributed by atoms with Gasteiger partial charge in [-0.05, 0) is 59.1 Å². The standard InChI is InChI=1S/C37H45O3P/c1-26-20-30(36(3,4)5)34(39-24-28-16-12-10-13-17-28)32(22-26)41(38-9)33-23-27(2)21-31(37(6,7)8)35(33)40-25-29-18-14-11-15-19-29/h10-23H,24-25H2,1-9H3. The minimum absolute atomic E-state index is 0.114. The molecule has 4 aromatic carbocycles. The molecular weight excluding hydrogens is 523 g/mol. The molecule has 0 atom stereocenters. The fraction of sp³-hybridized carbons (Fsp3) is 0.351. The van der Waals surface area contributed by atoms with Crippen molar-refractivity contribution in [3.63, 3.8) is 0 Å². The van der Waals surface area contributed by atoms with Crippen LogP contribution in [0.2, 0.25) is 0 Å². The van der Waals surface area contributed by atoms with Gasteiger partial charge in [-0.2, -0.15) is 0 Å². The van der Waals surface area contributed by atoms with Crippen LogP contribution >= 0.6 is 8.15 Å². The Morgan fingerprint density at radius 2 is 0.927 bits per heavy atom. The summed E-state index contributed by atoms with van der Waals surface area (Å²) in [4.78, 5) is 0. The van der Waals surface area contributed by atoms with Crippen molar-refractivity contribution in [2.75, 3.05) is 7.11 Å². The monoisotopic (exact) mass is 568 g/mol. The van der Waals surface area contributed by atoms with Crippen molar-refractivity contribution in [2.45, 2.75) is 79.4 Å². The highest BCUT2D eigenvalue weighted by atomic mass is 31.1. The molecule has 0 aliphatic heterocycles. The summed E-state index contributed by atoms with van der Waals surface area (Å²) in [6, 6.07) is 29.7. The predicted octanol–water partition coefficient (Wildman–Crippen LogP) is 9.05. The fourth-order valence-corrected chi connectivity index (χ4v) is 7.05. The second-order valence-corrected chi connectivity index (χ2v) is 14.8. The van der Waals surface area contributed by atoms with Crippen LogP contribution in [-0.2, 0) is 28.6 Å². The Morgan fingerprint density at radius 3 is 1.24 bits per heavy atom. The first kappa shape index (κ1) is 30.8. The Hall–Kier alpha value is -3.13. The lowest BCUT2D eigenvalue weighted by molar-refractivity contribution is 0.299. The van der Waals surface area contributed by atoms with Crippen LogP contribution in [0.15, 0.2) is 84.9 Å².